The zero-order valence-corrected chi connectivity index (χ0v) is 29.6. The van der Waals surface area contributed by atoms with E-state index < -0.39 is 0 Å². The quantitative estimate of drug-likeness (QED) is 0.294. The van der Waals surface area contributed by atoms with Gasteiger partial charge in [-0.1, -0.05) is 48.5 Å². The fourth-order valence-corrected chi connectivity index (χ4v) is 7.06. The van der Waals surface area contributed by atoms with E-state index in [1.807, 2.05) is 0 Å². The van der Waals surface area contributed by atoms with Crippen molar-refractivity contribution < 1.29 is 41.9 Å². The number of rotatable bonds is 8. The summed E-state index contributed by atoms with van der Waals surface area (Å²) in [6, 6.07) is 6.80. The van der Waals surface area contributed by atoms with Crippen LogP contribution in [0.2, 0.25) is 0 Å². The molecule has 232 valence electrons. The standard InChI is InChI=1S/C36H46N4.2ClH.Fe/c1-9-22-19-25-20-23-17-18-24(37-23)21-32-26(10-2)29(13-5)36(40(32)16-8)31(15-7)35-28(12-4)27(11-3)34(39-35)30(14-6)33(22)38-25;;;/h17-21,38H,9-16H2,1-8H3;2*1H;/q;;;+2/p-2. The molecular formula is C36H46Cl2FeN4. The molecule has 5 heterocycles. The molecule has 8 bridgehead atoms. The van der Waals surface area contributed by atoms with Crippen molar-refractivity contribution in [3.05, 3.63) is 68.8 Å². The Morgan fingerprint density at radius 1 is 0.605 bits per heavy atom. The van der Waals surface area contributed by atoms with Crippen LogP contribution in [0.15, 0.2) is 18.2 Å². The average molecular weight is 662 g/mol. The number of aromatic amines is 1. The van der Waals surface area contributed by atoms with Crippen molar-refractivity contribution >= 4 is 45.4 Å². The van der Waals surface area contributed by atoms with Gasteiger partial charge in [0.25, 0.3) is 0 Å². The third-order valence-corrected chi connectivity index (χ3v) is 8.85. The van der Waals surface area contributed by atoms with Crippen molar-refractivity contribution in [1.82, 2.24) is 19.5 Å². The van der Waals surface area contributed by atoms with Crippen LogP contribution in [0.25, 0.3) is 45.4 Å². The number of allylic oxidation sites excluding steroid dienone is 2. The summed E-state index contributed by atoms with van der Waals surface area (Å²) in [7, 11) is 0. The summed E-state index contributed by atoms with van der Waals surface area (Å²) in [4.78, 5) is 14.4. The van der Waals surface area contributed by atoms with Crippen molar-refractivity contribution in [2.75, 3.05) is 0 Å². The zero-order valence-electron chi connectivity index (χ0n) is 27.0. The first kappa shape index (κ1) is 36.9. The summed E-state index contributed by atoms with van der Waals surface area (Å²) >= 11 is 0. The van der Waals surface area contributed by atoms with Crippen LogP contribution in [-0.4, -0.2) is 19.5 Å². The van der Waals surface area contributed by atoms with Crippen LogP contribution >= 0.6 is 0 Å². The van der Waals surface area contributed by atoms with Gasteiger partial charge in [-0.25, -0.2) is 9.97 Å². The van der Waals surface area contributed by atoms with E-state index >= 15 is 0 Å². The molecule has 7 heteroatoms. The Morgan fingerprint density at radius 3 is 1.67 bits per heavy atom. The summed E-state index contributed by atoms with van der Waals surface area (Å²) in [5.41, 5.74) is 19.3. The maximum atomic E-state index is 5.61. The molecule has 2 aliphatic heterocycles. The van der Waals surface area contributed by atoms with Gasteiger partial charge in [0.15, 0.2) is 0 Å². The van der Waals surface area contributed by atoms with E-state index in [9.17, 15) is 0 Å². The van der Waals surface area contributed by atoms with Crippen LogP contribution < -0.4 is 24.8 Å². The number of nitrogens with one attached hydrogen (secondary N) is 1. The van der Waals surface area contributed by atoms with Crippen LogP contribution in [0.4, 0.5) is 0 Å². The summed E-state index contributed by atoms with van der Waals surface area (Å²) in [5.74, 6) is 0. The van der Waals surface area contributed by atoms with E-state index in [1.165, 1.54) is 66.9 Å². The Labute approximate surface area is 281 Å². The zero-order chi connectivity index (χ0) is 28.6. The smallest absolute Gasteiger partial charge is 1.00 e. The molecule has 0 aliphatic carbocycles. The molecule has 1 N–H and O–H groups in total. The Morgan fingerprint density at radius 2 is 1.16 bits per heavy atom. The molecule has 0 aromatic carbocycles. The maximum absolute atomic E-state index is 5.61. The van der Waals surface area contributed by atoms with E-state index in [4.69, 9.17) is 9.97 Å². The van der Waals surface area contributed by atoms with E-state index in [0.717, 1.165) is 68.4 Å². The number of nitrogens with zero attached hydrogens (tertiary/aromatic N) is 3. The predicted octanol–water partition coefficient (Wildman–Crippen LogP) is 3.53. The van der Waals surface area contributed by atoms with Gasteiger partial charge in [0.2, 0.25) is 0 Å². The first-order valence-electron chi connectivity index (χ1n) is 15.7. The van der Waals surface area contributed by atoms with Gasteiger partial charge in [-0.2, -0.15) is 0 Å². The molecule has 3 aromatic rings. The van der Waals surface area contributed by atoms with Gasteiger partial charge in [-0.3, -0.25) is 0 Å². The minimum absolute atomic E-state index is 0. The van der Waals surface area contributed by atoms with Gasteiger partial charge in [-0.05, 0) is 110 Å². The largest absolute Gasteiger partial charge is 2.00 e. The van der Waals surface area contributed by atoms with Crippen LogP contribution in [0.5, 0.6) is 0 Å². The molecule has 0 spiro atoms. The molecule has 3 aromatic heterocycles. The SMILES string of the molecule is CCC1=C(CC)c2nc1c(CC)c1[nH]c(cc3nc(cc4c(CC)c(CC)c(c2CC)n4CC)C=C3)cc1CC.[Cl-].[Cl-].[Fe+2]. The molecule has 4 nitrogen and oxygen atoms in total. The molecule has 2 aliphatic rings. The van der Waals surface area contributed by atoms with Crippen LogP contribution in [0.1, 0.15) is 119 Å². The molecule has 0 atom stereocenters. The number of aryl methyl sites for hydroxylation is 6. The summed E-state index contributed by atoms with van der Waals surface area (Å²) in [6.45, 7) is 19.2. The van der Waals surface area contributed by atoms with Crippen LogP contribution in [0.3, 0.4) is 0 Å². The molecule has 0 saturated heterocycles. The third kappa shape index (κ3) is 6.29. The number of fused-ring (bicyclic) bond motifs is 8. The topological polar surface area (TPSA) is 46.5 Å². The minimum Gasteiger partial charge on any atom is -1.00 e. The Balaban J connectivity index is 0.00000215. The van der Waals surface area contributed by atoms with Gasteiger partial charge in [0.1, 0.15) is 0 Å². The second-order valence-corrected chi connectivity index (χ2v) is 10.8. The number of halogens is 2. The van der Waals surface area contributed by atoms with Crippen molar-refractivity contribution in [2.24, 2.45) is 0 Å². The second-order valence-electron chi connectivity index (χ2n) is 10.8. The van der Waals surface area contributed by atoms with E-state index in [-0.39, 0.29) is 41.9 Å². The summed E-state index contributed by atoms with van der Waals surface area (Å²) in [5, 5.41) is 0. The molecule has 43 heavy (non-hydrogen) atoms. The average Bonchev–Trinajstić information content (AvgIpc) is 3.73. The molecule has 5 rings (SSSR count). The molecule has 0 amide bonds. The van der Waals surface area contributed by atoms with Crippen molar-refractivity contribution in [1.29, 1.82) is 0 Å². The van der Waals surface area contributed by atoms with Gasteiger partial charge in [-0.15, -0.1) is 0 Å². The van der Waals surface area contributed by atoms with Crippen molar-refractivity contribution in [3.8, 4) is 0 Å². The number of hydrogen-bond acceptors (Lipinski definition) is 2. The van der Waals surface area contributed by atoms with Gasteiger partial charge >= 0.3 is 17.1 Å². The van der Waals surface area contributed by atoms with Gasteiger partial charge < -0.3 is 34.4 Å². The Bertz CT molecular complexity index is 1690. The minimum atomic E-state index is 0. The van der Waals surface area contributed by atoms with E-state index in [1.54, 1.807) is 0 Å². The monoisotopic (exact) mass is 660 g/mol. The van der Waals surface area contributed by atoms with Gasteiger partial charge in [0, 0.05) is 34.2 Å². The maximum Gasteiger partial charge on any atom is 2.00 e. The molecular weight excluding hydrogens is 615 g/mol. The summed E-state index contributed by atoms with van der Waals surface area (Å²) in [6.07, 6.45) is 11.2. The number of hydrogen-bond donors (Lipinski definition) is 1. The van der Waals surface area contributed by atoms with Crippen molar-refractivity contribution in [2.45, 2.75) is 107 Å². The van der Waals surface area contributed by atoms with Crippen molar-refractivity contribution in [3.63, 3.8) is 0 Å². The van der Waals surface area contributed by atoms with Crippen LogP contribution in [-0.2, 0) is 55.7 Å². The third-order valence-electron chi connectivity index (χ3n) is 8.85. The van der Waals surface area contributed by atoms with Crippen LogP contribution in [0, 0.1) is 0 Å². The predicted molar refractivity (Wildman–Crippen MR) is 174 cm³/mol. The second kappa shape index (κ2) is 15.6. The fourth-order valence-electron chi connectivity index (χ4n) is 7.06. The number of H-pyrrole nitrogens is 1. The summed E-state index contributed by atoms with van der Waals surface area (Å²) < 4.78 is 2.55. The van der Waals surface area contributed by atoms with E-state index in [0.29, 0.717) is 0 Å². The first-order chi connectivity index (χ1) is 19.5. The molecule has 0 unspecified atom stereocenters. The molecule has 0 saturated carbocycles. The number of aromatic nitrogens is 4. The Hall–Kier alpha value is -2.30. The molecule has 0 fully saturated rings. The normalized spacial score (nSPS) is 12.2. The molecule has 0 radical (unpaired) electrons. The van der Waals surface area contributed by atoms with E-state index in [2.05, 4.69) is 95.3 Å². The van der Waals surface area contributed by atoms with Gasteiger partial charge in [0.05, 0.1) is 28.3 Å². The first-order valence-corrected chi connectivity index (χ1v) is 15.7. The Kier molecular flexibility index (Phi) is 13.4. The fraction of sp³-hybridized carbons (Fsp3) is 0.444.